The number of hydrogen-bond donors (Lipinski definition) is 2. The minimum Gasteiger partial charge on any atom is -0.338 e. The van der Waals surface area contributed by atoms with Crippen molar-refractivity contribution in [2.75, 3.05) is 0 Å². The van der Waals surface area contributed by atoms with Crippen molar-refractivity contribution in [2.24, 2.45) is 0 Å². The lowest BCUT2D eigenvalue weighted by Gasteiger charge is -1.96. The highest BCUT2D eigenvalue weighted by atomic mass is 16.5. The molecule has 2 rings (SSSR count). The second-order valence-corrected chi connectivity index (χ2v) is 2.49. The number of fused-ring (bicyclic) bond motifs is 1. The van der Waals surface area contributed by atoms with E-state index >= 15 is 0 Å². The van der Waals surface area contributed by atoms with Gasteiger partial charge in [-0.15, -0.1) is 0 Å². The molecule has 0 aromatic carbocycles. The molecule has 1 aromatic heterocycles. The minimum atomic E-state index is -0.243. The highest BCUT2D eigenvalue weighted by molar-refractivity contribution is 5.23. The third kappa shape index (κ3) is 0.565. The van der Waals surface area contributed by atoms with Gasteiger partial charge in [-0.2, -0.15) is 0 Å². The quantitative estimate of drug-likeness (QED) is 0.538. The smallest absolute Gasteiger partial charge is 0.338 e. The van der Waals surface area contributed by atoms with E-state index in [1.807, 2.05) is 6.92 Å². The predicted octanol–water partition coefficient (Wildman–Crippen LogP) is 0.132. The van der Waals surface area contributed by atoms with Crippen LogP contribution in [0.25, 0.3) is 0 Å². The van der Waals surface area contributed by atoms with E-state index in [9.17, 15) is 4.79 Å². The first-order valence-corrected chi connectivity index (χ1v) is 3.22. The summed E-state index contributed by atoms with van der Waals surface area (Å²) < 4.78 is 4.59. The molecule has 1 aliphatic rings. The highest BCUT2D eigenvalue weighted by Crippen LogP contribution is 2.18. The van der Waals surface area contributed by atoms with Gasteiger partial charge in [-0.05, 0) is 6.92 Å². The van der Waals surface area contributed by atoms with Crippen molar-refractivity contribution in [1.82, 2.24) is 10.5 Å². The van der Waals surface area contributed by atoms with Gasteiger partial charge >= 0.3 is 5.63 Å². The summed E-state index contributed by atoms with van der Waals surface area (Å²) in [6, 6.07) is 0.137. The Bertz CT molecular complexity index is 299. The Kier molecular flexibility index (Phi) is 0.990. The summed E-state index contributed by atoms with van der Waals surface area (Å²) in [6.07, 6.45) is 0. The van der Waals surface area contributed by atoms with E-state index in [2.05, 4.69) is 15.0 Å². The molecule has 0 bridgehead atoms. The lowest BCUT2D eigenvalue weighted by Crippen LogP contribution is -2.13. The number of aromatic nitrogens is 1. The van der Waals surface area contributed by atoms with E-state index in [4.69, 9.17) is 0 Å². The molecule has 1 unspecified atom stereocenters. The van der Waals surface area contributed by atoms with Crippen molar-refractivity contribution >= 4 is 0 Å². The van der Waals surface area contributed by atoms with Crippen LogP contribution in [0, 0.1) is 0 Å². The van der Waals surface area contributed by atoms with E-state index in [1.54, 1.807) is 0 Å². The van der Waals surface area contributed by atoms with E-state index < -0.39 is 0 Å². The van der Waals surface area contributed by atoms with Crippen LogP contribution in [0.3, 0.4) is 0 Å². The van der Waals surface area contributed by atoms with E-state index in [0.717, 1.165) is 11.3 Å². The summed E-state index contributed by atoms with van der Waals surface area (Å²) in [4.78, 5) is 10.9. The summed E-state index contributed by atoms with van der Waals surface area (Å²) in [5.41, 5.74) is 1.39. The molecule has 0 saturated heterocycles. The van der Waals surface area contributed by atoms with Crippen LogP contribution in [0.1, 0.15) is 24.2 Å². The normalized spacial score (nSPS) is 23.1. The second kappa shape index (κ2) is 1.73. The third-order valence-corrected chi connectivity index (χ3v) is 1.83. The zero-order valence-electron chi connectivity index (χ0n) is 5.60. The van der Waals surface area contributed by atoms with Crippen LogP contribution in [-0.2, 0) is 6.54 Å². The van der Waals surface area contributed by atoms with Gasteiger partial charge in [0, 0.05) is 12.6 Å². The number of aromatic amines is 1. The fraction of sp³-hybridized carbons (Fsp3) is 0.500. The van der Waals surface area contributed by atoms with Gasteiger partial charge < -0.3 is 9.84 Å². The van der Waals surface area contributed by atoms with Crippen LogP contribution in [-0.4, -0.2) is 5.16 Å². The van der Waals surface area contributed by atoms with Crippen molar-refractivity contribution in [2.45, 2.75) is 19.5 Å². The molecule has 0 spiro atoms. The average molecular weight is 140 g/mol. The van der Waals surface area contributed by atoms with Crippen molar-refractivity contribution in [1.29, 1.82) is 0 Å². The molecule has 4 nitrogen and oxygen atoms in total. The van der Waals surface area contributed by atoms with Gasteiger partial charge in [0.1, 0.15) is 0 Å². The van der Waals surface area contributed by atoms with E-state index in [-0.39, 0.29) is 11.7 Å². The maximum atomic E-state index is 10.9. The summed E-state index contributed by atoms with van der Waals surface area (Å²) in [6.45, 7) is 2.65. The first-order valence-electron chi connectivity index (χ1n) is 3.22. The Labute approximate surface area is 57.2 Å². The second-order valence-electron chi connectivity index (χ2n) is 2.49. The molecular weight excluding hydrogens is 132 g/mol. The van der Waals surface area contributed by atoms with Gasteiger partial charge in [0.15, 0.2) is 0 Å². The monoisotopic (exact) mass is 140 g/mol. The topological polar surface area (TPSA) is 58.0 Å². The fourth-order valence-corrected chi connectivity index (χ4v) is 1.27. The van der Waals surface area contributed by atoms with Crippen molar-refractivity contribution < 1.29 is 4.52 Å². The van der Waals surface area contributed by atoms with Crippen LogP contribution in [0.4, 0.5) is 0 Å². The van der Waals surface area contributed by atoms with Crippen molar-refractivity contribution in [3.8, 4) is 0 Å². The van der Waals surface area contributed by atoms with Crippen LogP contribution >= 0.6 is 0 Å². The fourth-order valence-electron chi connectivity index (χ4n) is 1.27. The largest absolute Gasteiger partial charge is 0.362 e. The van der Waals surface area contributed by atoms with Gasteiger partial charge in [-0.25, -0.2) is 9.95 Å². The number of H-pyrrole nitrogens is 1. The Morgan fingerprint density at radius 3 is 3.20 bits per heavy atom. The average Bonchev–Trinajstić information content (AvgIpc) is 2.40. The predicted molar refractivity (Wildman–Crippen MR) is 34.6 cm³/mol. The molecule has 0 aliphatic carbocycles. The van der Waals surface area contributed by atoms with E-state index in [1.165, 1.54) is 0 Å². The van der Waals surface area contributed by atoms with Crippen molar-refractivity contribution in [3.63, 3.8) is 0 Å². The van der Waals surface area contributed by atoms with Gasteiger partial charge in [0.25, 0.3) is 0 Å². The molecule has 0 radical (unpaired) electrons. The first kappa shape index (κ1) is 5.73. The Balaban J connectivity index is 2.65. The molecule has 1 atom stereocenters. The third-order valence-electron chi connectivity index (χ3n) is 1.83. The van der Waals surface area contributed by atoms with E-state index in [0.29, 0.717) is 6.54 Å². The Morgan fingerprint density at radius 2 is 2.50 bits per heavy atom. The summed E-state index contributed by atoms with van der Waals surface area (Å²) in [7, 11) is 0. The molecule has 2 heterocycles. The van der Waals surface area contributed by atoms with Crippen LogP contribution in [0.15, 0.2) is 9.32 Å². The van der Waals surface area contributed by atoms with Crippen LogP contribution in [0.5, 0.6) is 0 Å². The van der Waals surface area contributed by atoms with Crippen LogP contribution in [0.2, 0.25) is 0 Å². The minimum absolute atomic E-state index is 0.137. The van der Waals surface area contributed by atoms with Gasteiger partial charge in [0.05, 0.1) is 11.3 Å². The zero-order valence-corrected chi connectivity index (χ0v) is 5.60. The molecule has 0 fully saturated rings. The van der Waals surface area contributed by atoms with Gasteiger partial charge in [-0.1, -0.05) is 0 Å². The molecule has 0 amide bonds. The molecule has 10 heavy (non-hydrogen) atoms. The molecule has 1 aliphatic heterocycles. The maximum absolute atomic E-state index is 10.9. The summed E-state index contributed by atoms with van der Waals surface area (Å²) in [5, 5.41) is 5.68. The Hall–Kier alpha value is -1.03. The molecule has 0 saturated carbocycles. The lowest BCUT2D eigenvalue weighted by molar-refractivity contribution is 0.374. The van der Waals surface area contributed by atoms with Crippen LogP contribution < -0.4 is 10.9 Å². The van der Waals surface area contributed by atoms with Crippen molar-refractivity contribution in [3.05, 3.63) is 21.7 Å². The number of nitrogens with one attached hydrogen (secondary N) is 2. The van der Waals surface area contributed by atoms with Gasteiger partial charge in [-0.3, -0.25) is 0 Å². The molecular formula is C6H8N2O2. The SMILES string of the molecule is CC1NCc2[nH]oc(=O)c21. The maximum Gasteiger partial charge on any atom is 0.362 e. The summed E-state index contributed by atoms with van der Waals surface area (Å²) in [5.74, 6) is 0. The molecule has 1 aromatic rings. The number of rotatable bonds is 0. The molecule has 2 N–H and O–H groups in total. The number of hydrogen-bond acceptors (Lipinski definition) is 3. The lowest BCUT2D eigenvalue weighted by atomic mass is 10.2. The molecule has 4 heteroatoms. The standard InChI is InChI=1S/C6H8N2O2/c1-3-5-4(2-7-3)8-10-6(5)9/h3,7-8H,2H2,1H3. The first-order chi connectivity index (χ1) is 4.79. The molecule has 54 valence electrons. The summed E-state index contributed by atoms with van der Waals surface area (Å²) >= 11 is 0. The zero-order chi connectivity index (χ0) is 7.14. The van der Waals surface area contributed by atoms with Gasteiger partial charge in [0.2, 0.25) is 0 Å². The Morgan fingerprint density at radius 1 is 1.70 bits per heavy atom. The highest BCUT2D eigenvalue weighted by Gasteiger charge is 2.23.